The summed E-state index contributed by atoms with van der Waals surface area (Å²) < 4.78 is 0. The maximum Gasteiger partial charge on any atom is 0.186 e. The fraction of sp³-hybridized carbons (Fsp3) is 0.467. The summed E-state index contributed by atoms with van der Waals surface area (Å²) in [4.78, 5) is 20.2. The predicted molar refractivity (Wildman–Crippen MR) is 87.2 cm³/mol. The van der Waals surface area contributed by atoms with Gasteiger partial charge in [-0.15, -0.1) is 11.3 Å². The fourth-order valence-corrected chi connectivity index (χ4v) is 3.86. The molecule has 20 heavy (non-hydrogen) atoms. The molecule has 0 N–H and O–H groups in total. The number of hydrogen-bond donors (Lipinski definition) is 0. The Morgan fingerprint density at radius 3 is 2.55 bits per heavy atom. The van der Waals surface area contributed by atoms with Gasteiger partial charge in [0.15, 0.2) is 11.4 Å². The summed E-state index contributed by atoms with van der Waals surface area (Å²) in [6.45, 7) is 9.31. The number of hydrogen-bond acceptors (Lipinski definition) is 5. The van der Waals surface area contributed by atoms with Gasteiger partial charge in [-0.05, 0) is 31.2 Å². The van der Waals surface area contributed by atoms with Gasteiger partial charge in [-0.2, -0.15) is 0 Å². The van der Waals surface area contributed by atoms with Crippen LogP contribution in [0, 0.1) is 0 Å². The smallest absolute Gasteiger partial charge is 0.186 e. The summed E-state index contributed by atoms with van der Waals surface area (Å²) in [5.41, 5.74) is 0.914. The van der Waals surface area contributed by atoms with Crippen molar-refractivity contribution >= 4 is 34.1 Å². The van der Waals surface area contributed by atoms with Crippen molar-refractivity contribution in [1.82, 2.24) is 4.98 Å². The Hall–Kier alpha value is -1.20. The van der Waals surface area contributed by atoms with Gasteiger partial charge in [0.1, 0.15) is 0 Å². The van der Waals surface area contributed by atoms with Crippen LogP contribution in [-0.2, 0) is 6.54 Å². The lowest BCUT2D eigenvalue weighted by Gasteiger charge is -2.25. The summed E-state index contributed by atoms with van der Waals surface area (Å²) in [5.74, 6) is 0.274. The van der Waals surface area contributed by atoms with Crippen LogP contribution in [0.5, 0.6) is 0 Å². The third-order valence-electron chi connectivity index (χ3n) is 3.10. The average Bonchev–Trinajstić information content (AvgIpc) is 3.04. The lowest BCUT2D eigenvalue weighted by molar-refractivity contribution is 0.112. The van der Waals surface area contributed by atoms with E-state index in [0.29, 0.717) is 6.04 Å². The molecule has 0 bridgehead atoms. The van der Waals surface area contributed by atoms with Gasteiger partial charge >= 0.3 is 0 Å². The van der Waals surface area contributed by atoms with E-state index in [2.05, 4.69) is 50.1 Å². The van der Waals surface area contributed by atoms with Gasteiger partial charge in [-0.3, -0.25) is 4.79 Å². The van der Waals surface area contributed by atoms with Crippen molar-refractivity contribution in [2.45, 2.75) is 46.2 Å². The van der Waals surface area contributed by atoms with Crippen LogP contribution in [0.25, 0.3) is 0 Å². The van der Waals surface area contributed by atoms with Gasteiger partial charge < -0.3 is 4.90 Å². The molecular formula is C15H20N2OS2. The third-order valence-corrected chi connectivity index (χ3v) is 4.99. The largest absolute Gasteiger partial charge is 0.341 e. The highest BCUT2D eigenvalue weighted by molar-refractivity contribution is 7.17. The first-order valence-electron chi connectivity index (χ1n) is 6.77. The zero-order valence-corrected chi connectivity index (χ0v) is 13.9. The second kappa shape index (κ2) is 6.50. The fourth-order valence-electron chi connectivity index (χ4n) is 1.99. The Labute approximate surface area is 128 Å². The number of carbonyl (C=O) groups excluding carboxylic acids is 1. The van der Waals surface area contributed by atoms with Crippen molar-refractivity contribution < 1.29 is 4.79 Å². The van der Waals surface area contributed by atoms with E-state index in [4.69, 9.17) is 4.98 Å². The molecule has 5 heteroatoms. The van der Waals surface area contributed by atoms with Crippen LogP contribution in [0.15, 0.2) is 17.5 Å². The number of aldehydes is 1. The molecule has 0 aromatic carbocycles. The second-order valence-electron chi connectivity index (χ2n) is 5.32. The van der Waals surface area contributed by atoms with E-state index < -0.39 is 0 Å². The lowest BCUT2D eigenvalue weighted by atomic mass is 10.1. The lowest BCUT2D eigenvalue weighted by Crippen LogP contribution is -2.29. The van der Waals surface area contributed by atoms with Gasteiger partial charge in [0.25, 0.3) is 0 Å². The minimum atomic E-state index is 0.274. The monoisotopic (exact) mass is 308 g/mol. The number of carbonyl (C=O) groups is 1. The molecule has 2 aromatic rings. The molecule has 0 saturated carbocycles. The highest BCUT2D eigenvalue weighted by atomic mass is 32.1. The first kappa shape index (κ1) is 15.2. The summed E-state index contributed by atoms with van der Waals surface area (Å²) in [5, 5.41) is 3.03. The van der Waals surface area contributed by atoms with E-state index in [-0.39, 0.29) is 5.92 Å². The molecule has 0 aliphatic rings. The molecular weight excluding hydrogens is 288 g/mol. The summed E-state index contributed by atoms with van der Waals surface area (Å²) >= 11 is 3.25. The first-order valence-corrected chi connectivity index (χ1v) is 8.47. The van der Waals surface area contributed by atoms with Gasteiger partial charge in [-0.1, -0.05) is 31.3 Å². The molecule has 2 rings (SSSR count). The SMILES string of the molecule is CC(C)c1nc(N(Cc2cccs2)C(C)C)sc1C=O. The van der Waals surface area contributed by atoms with Gasteiger partial charge in [0, 0.05) is 10.9 Å². The molecule has 0 spiro atoms. The molecule has 0 amide bonds. The van der Waals surface area contributed by atoms with Crippen LogP contribution in [-0.4, -0.2) is 17.3 Å². The van der Waals surface area contributed by atoms with E-state index in [1.165, 1.54) is 16.2 Å². The molecule has 2 heterocycles. The average molecular weight is 308 g/mol. The second-order valence-corrected chi connectivity index (χ2v) is 7.36. The molecule has 2 aromatic heterocycles. The van der Waals surface area contributed by atoms with E-state index in [1.807, 2.05) is 0 Å². The maximum atomic E-state index is 11.2. The van der Waals surface area contributed by atoms with Crippen molar-refractivity contribution in [2.75, 3.05) is 4.90 Å². The summed E-state index contributed by atoms with van der Waals surface area (Å²) in [7, 11) is 0. The molecule has 0 aliphatic carbocycles. The quantitative estimate of drug-likeness (QED) is 0.734. The minimum Gasteiger partial charge on any atom is -0.341 e. The van der Waals surface area contributed by atoms with Crippen molar-refractivity contribution in [1.29, 1.82) is 0 Å². The summed E-state index contributed by atoms with van der Waals surface area (Å²) in [6.07, 6.45) is 0.931. The van der Waals surface area contributed by atoms with Crippen LogP contribution >= 0.6 is 22.7 Å². The first-order chi connectivity index (χ1) is 9.52. The Morgan fingerprint density at radius 2 is 2.10 bits per heavy atom. The number of thiazole rings is 1. The molecule has 0 atom stereocenters. The number of rotatable bonds is 6. The third kappa shape index (κ3) is 3.27. The van der Waals surface area contributed by atoms with Crippen LogP contribution in [0.2, 0.25) is 0 Å². The number of nitrogens with zero attached hydrogens (tertiary/aromatic N) is 2. The van der Waals surface area contributed by atoms with E-state index in [9.17, 15) is 4.79 Å². The zero-order chi connectivity index (χ0) is 14.7. The molecule has 0 saturated heterocycles. The highest BCUT2D eigenvalue weighted by Gasteiger charge is 2.20. The van der Waals surface area contributed by atoms with Crippen molar-refractivity contribution in [3.05, 3.63) is 33.0 Å². The molecule has 0 fully saturated rings. The van der Waals surface area contributed by atoms with Gasteiger partial charge in [0.05, 0.1) is 17.1 Å². The van der Waals surface area contributed by atoms with Crippen LogP contribution in [0.4, 0.5) is 5.13 Å². The van der Waals surface area contributed by atoms with Crippen molar-refractivity contribution in [2.24, 2.45) is 0 Å². The van der Waals surface area contributed by atoms with Crippen LogP contribution < -0.4 is 4.90 Å². The van der Waals surface area contributed by atoms with Gasteiger partial charge in [0.2, 0.25) is 0 Å². The standard InChI is InChI=1S/C15H20N2OS2/c1-10(2)14-13(9-18)20-15(16-14)17(11(3)4)8-12-6-5-7-19-12/h5-7,9-11H,8H2,1-4H3. The van der Waals surface area contributed by atoms with E-state index in [0.717, 1.165) is 28.5 Å². The highest BCUT2D eigenvalue weighted by Crippen LogP contribution is 2.32. The Kier molecular flexibility index (Phi) is 4.94. The predicted octanol–water partition coefficient (Wildman–Crippen LogP) is 4.56. The molecule has 0 unspecified atom stereocenters. The Balaban J connectivity index is 2.32. The zero-order valence-electron chi connectivity index (χ0n) is 12.3. The van der Waals surface area contributed by atoms with E-state index in [1.54, 1.807) is 11.3 Å². The molecule has 108 valence electrons. The topological polar surface area (TPSA) is 33.2 Å². The molecule has 0 aliphatic heterocycles. The number of anilines is 1. The minimum absolute atomic E-state index is 0.274. The van der Waals surface area contributed by atoms with Crippen LogP contribution in [0.3, 0.4) is 0 Å². The van der Waals surface area contributed by atoms with Crippen molar-refractivity contribution in [3.8, 4) is 0 Å². The molecule has 0 radical (unpaired) electrons. The Morgan fingerprint density at radius 1 is 1.35 bits per heavy atom. The maximum absolute atomic E-state index is 11.2. The summed E-state index contributed by atoms with van der Waals surface area (Å²) in [6, 6.07) is 4.55. The normalized spacial score (nSPS) is 11.3. The number of thiophene rings is 1. The van der Waals surface area contributed by atoms with Crippen molar-refractivity contribution in [3.63, 3.8) is 0 Å². The van der Waals surface area contributed by atoms with Crippen LogP contribution in [0.1, 0.15) is 53.9 Å². The van der Waals surface area contributed by atoms with Gasteiger partial charge in [-0.25, -0.2) is 4.98 Å². The van der Waals surface area contributed by atoms with E-state index >= 15 is 0 Å². The Bertz CT molecular complexity index is 558. The molecule has 3 nitrogen and oxygen atoms in total. The number of aromatic nitrogens is 1.